The fraction of sp³-hybridized carbons (Fsp3) is 0.448. The summed E-state index contributed by atoms with van der Waals surface area (Å²) in [7, 11) is 0. The second-order valence-electron chi connectivity index (χ2n) is 11.4. The van der Waals surface area contributed by atoms with E-state index in [0.717, 1.165) is 43.1 Å². The summed E-state index contributed by atoms with van der Waals surface area (Å²) in [6, 6.07) is 9.17. The summed E-state index contributed by atoms with van der Waals surface area (Å²) < 4.78 is 27.4. The van der Waals surface area contributed by atoms with Gasteiger partial charge in [-0.05, 0) is 74.6 Å². The normalized spacial score (nSPS) is 31.3. The predicted molar refractivity (Wildman–Crippen MR) is 138 cm³/mol. The summed E-state index contributed by atoms with van der Waals surface area (Å²) in [5.74, 6) is -0.598. The number of benzene rings is 2. The highest BCUT2D eigenvalue weighted by Gasteiger charge is 2.77. The van der Waals surface area contributed by atoms with Crippen LogP contribution in [0.25, 0.3) is 11.3 Å². The first-order valence-electron chi connectivity index (χ1n) is 13.0. The van der Waals surface area contributed by atoms with Crippen LogP contribution in [0.15, 0.2) is 40.9 Å². The molecule has 4 saturated carbocycles. The van der Waals surface area contributed by atoms with Gasteiger partial charge in [-0.1, -0.05) is 40.5 Å². The molecule has 3 aromatic rings. The molecule has 9 heteroatoms. The van der Waals surface area contributed by atoms with Gasteiger partial charge in [0, 0.05) is 28.0 Å². The Bertz CT molecular complexity index is 1450. The highest BCUT2D eigenvalue weighted by molar-refractivity contribution is 6.39. The van der Waals surface area contributed by atoms with E-state index >= 15 is 4.39 Å². The van der Waals surface area contributed by atoms with Crippen molar-refractivity contribution in [3.8, 4) is 11.3 Å². The van der Waals surface area contributed by atoms with Crippen LogP contribution in [0.3, 0.4) is 0 Å². The number of carbonyl (C=O) groups is 1. The summed E-state index contributed by atoms with van der Waals surface area (Å²) in [4.78, 5) is 11.3. The van der Waals surface area contributed by atoms with E-state index in [0.29, 0.717) is 46.0 Å². The van der Waals surface area contributed by atoms with Crippen LogP contribution in [0, 0.1) is 23.1 Å². The van der Waals surface area contributed by atoms with Gasteiger partial charge in [-0.15, -0.1) is 0 Å². The van der Waals surface area contributed by atoms with Gasteiger partial charge in [0.2, 0.25) is 0 Å². The fourth-order valence-electron chi connectivity index (χ4n) is 7.38. The Balaban J connectivity index is 1.16. The maximum atomic E-state index is 15.1. The molecule has 2 unspecified atom stereocenters. The smallest absolute Gasteiger partial charge is 0.335 e. The lowest BCUT2D eigenvalue weighted by molar-refractivity contribution is -0.140. The van der Waals surface area contributed by atoms with Gasteiger partial charge < -0.3 is 19.5 Å². The topological polar surface area (TPSA) is 92.8 Å². The number of nitrogens with zero attached hydrogens (tertiary/aromatic N) is 1. The lowest BCUT2D eigenvalue weighted by Crippen LogP contribution is -2.48. The van der Waals surface area contributed by atoms with Crippen LogP contribution < -0.4 is 0 Å². The number of carboxylic acid groups (broad SMARTS) is 1. The monoisotopic (exact) mass is 557 g/mol. The van der Waals surface area contributed by atoms with Crippen LogP contribution in [0.1, 0.15) is 71.7 Å². The van der Waals surface area contributed by atoms with E-state index in [9.17, 15) is 15.0 Å². The van der Waals surface area contributed by atoms with Crippen molar-refractivity contribution in [2.24, 2.45) is 17.3 Å². The van der Waals surface area contributed by atoms with Crippen LogP contribution in [0.5, 0.6) is 0 Å². The molecular weight excluding hydrogens is 532 g/mol. The molecule has 2 N–H and O–H groups in total. The number of rotatable bonds is 7. The molecule has 38 heavy (non-hydrogen) atoms. The Kier molecular flexibility index (Phi) is 5.51. The zero-order valence-electron chi connectivity index (χ0n) is 20.4. The van der Waals surface area contributed by atoms with E-state index in [4.69, 9.17) is 32.5 Å². The molecule has 0 aliphatic heterocycles. The van der Waals surface area contributed by atoms with Gasteiger partial charge in [-0.3, -0.25) is 0 Å². The standard InChI is InChI=1S/C29H26Cl2FNO5/c30-21-2-1-3-22(31)24(21)25-19(26(38-33-25)14-4-5-14)13-37-18-10-16-9-17-11-28(17,12-18)29(16,36)20-7-6-15(27(34)35)8-23(20)32/h1-3,6-8,14,16-18,36H,4-5,9-13H2,(H,34,35)/t16-,17?,18-,28?,29-/m1/s1. The lowest BCUT2D eigenvalue weighted by atomic mass is 9.65. The average molecular weight is 558 g/mol. The first-order chi connectivity index (χ1) is 18.2. The molecule has 5 atom stereocenters. The summed E-state index contributed by atoms with van der Waals surface area (Å²) in [5, 5.41) is 26.6. The number of halogens is 3. The largest absolute Gasteiger partial charge is 0.478 e. The van der Waals surface area contributed by atoms with Crippen molar-refractivity contribution in [2.45, 2.75) is 62.8 Å². The minimum atomic E-state index is -1.33. The van der Waals surface area contributed by atoms with Crippen molar-refractivity contribution in [3.63, 3.8) is 0 Å². The minimum absolute atomic E-state index is 0.120. The number of aromatic carboxylic acids is 1. The number of carboxylic acids is 1. The summed E-state index contributed by atoms with van der Waals surface area (Å²) in [6.07, 6.45) is 4.75. The first kappa shape index (κ1) is 24.6. The molecule has 1 spiro atoms. The van der Waals surface area contributed by atoms with Gasteiger partial charge in [0.05, 0.1) is 28.3 Å². The highest BCUT2D eigenvalue weighted by atomic mass is 35.5. The zero-order chi connectivity index (χ0) is 26.4. The molecular formula is C29H26Cl2FNO5. The molecule has 198 valence electrons. The van der Waals surface area contributed by atoms with Crippen molar-refractivity contribution >= 4 is 29.2 Å². The molecule has 6 nitrogen and oxygen atoms in total. The average Bonchev–Trinajstić information content (AvgIpc) is 3.77. The van der Waals surface area contributed by atoms with Gasteiger partial charge in [0.15, 0.2) is 0 Å². The van der Waals surface area contributed by atoms with Gasteiger partial charge in [-0.2, -0.15) is 0 Å². The number of hydrogen-bond donors (Lipinski definition) is 2. The van der Waals surface area contributed by atoms with E-state index in [-0.39, 0.29) is 29.8 Å². The van der Waals surface area contributed by atoms with E-state index in [1.54, 1.807) is 18.2 Å². The maximum absolute atomic E-state index is 15.1. The molecule has 1 heterocycles. The van der Waals surface area contributed by atoms with E-state index in [1.807, 2.05) is 0 Å². The molecule has 0 amide bonds. The summed E-state index contributed by atoms with van der Waals surface area (Å²) in [5.41, 5.74) is 0.372. The summed E-state index contributed by atoms with van der Waals surface area (Å²) >= 11 is 13.0. The minimum Gasteiger partial charge on any atom is -0.478 e. The van der Waals surface area contributed by atoms with Crippen molar-refractivity contribution in [1.29, 1.82) is 0 Å². The lowest BCUT2D eigenvalue weighted by Gasteiger charge is -2.46. The third-order valence-corrected chi connectivity index (χ3v) is 9.98. The first-order valence-corrected chi connectivity index (χ1v) is 13.8. The van der Waals surface area contributed by atoms with Crippen molar-refractivity contribution in [2.75, 3.05) is 0 Å². The molecule has 4 aliphatic carbocycles. The van der Waals surface area contributed by atoms with Gasteiger partial charge in [-0.25, -0.2) is 9.18 Å². The molecule has 4 aliphatic rings. The maximum Gasteiger partial charge on any atom is 0.335 e. The third kappa shape index (κ3) is 3.52. The Morgan fingerprint density at radius 3 is 2.55 bits per heavy atom. The van der Waals surface area contributed by atoms with Crippen LogP contribution in [0.4, 0.5) is 4.39 Å². The SMILES string of the molecule is O=C(O)c1ccc([C@]2(O)[C@@H]3CC4CC42C[C@H](OCc2c(-c4c(Cl)cccc4Cl)noc2C2CC2)C3)c(F)c1. The second kappa shape index (κ2) is 8.52. The van der Waals surface area contributed by atoms with E-state index in [2.05, 4.69) is 5.16 Å². The van der Waals surface area contributed by atoms with Crippen molar-refractivity contribution in [3.05, 3.63) is 74.7 Å². The molecule has 7 rings (SSSR count). The number of fused-ring (bicyclic) bond motifs is 1. The van der Waals surface area contributed by atoms with Crippen LogP contribution >= 0.6 is 23.2 Å². The molecule has 2 aromatic carbocycles. The molecule has 4 fully saturated rings. The van der Waals surface area contributed by atoms with Crippen LogP contribution in [-0.2, 0) is 16.9 Å². The van der Waals surface area contributed by atoms with E-state index < -0.39 is 22.8 Å². The quantitative estimate of drug-likeness (QED) is 0.326. The van der Waals surface area contributed by atoms with Gasteiger partial charge >= 0.3 is 5.97 Å². The Morgan fingerprint density at radius 2 is 1.89 bits per heavy atom. The van der Waals surface area contributed by atoms with Crippen LogP contribution in [0.2, 0.25) is 10.0 Å². The predicted octanol–water partition coefficient (Wildman–Crippen LogP) is 6.96. The number of aliphatic hydroxyl groups is 1. The van der Waals surface area contributed by atoms with Crippen molar-refractivity contribution in [1.82, 2.24) is 5.16 Å². The Hall–Kier alpha value is -2.45. The molecule has 2 bridgehead atoms. The molecule has 0 saturated heterocycles. The van der Waals surface area contributed by atoms with Gasteiger partial charge in [0.1, 0.15) is 22.9 Å². The van der Waals surface area contributed by atoms with E-state index in [1.165, 1.54) is 12.1 Å². The Morgan fingerprint density at radius 1 is 1.13 bits per heavy atom. The zero-order valence-corrected chi connectivity index (χ0v) is 21.9. The van der Waals surface area contributed by atoms with Gasteiger partial charge in [0.25, 0.3) is 0 Å². The number of ether oxygens (including phenoxy) is 1. The second-order valence-corrected chi connectivity index (χ2v) is 12.2. The fourth-order valence-corrected chi connectivity index (χ4v) is 7.95. The Labute approximate surface area is 228 Å². The number of aromatic nitrogens is 1. The third-order valence-electron chi connectivity index (χ3n) is 9.35. The molecule has 0 radical (unpaired) electrons. The highest BCUT2D eigenvalue weighted by Crippen LogP contribution is 2.78. The van der Waals surface area contributed by atoms with Crippen molar-refractivity contribution < 1.29 is 28.7 Å². The summed E-state index contributed by atoms with van der Waals surface area (Å²) in [6.45, 7) is 0.282. The van der Waals surface area contributed by atoms with Crippen LogP contribution in [-0.4, -0.2) is 27.4 Å². The molecule has 1 aromatic heterocycles. The number of hydrogen-bond acceptors (Lipinski definition) is 5.